The van der Waals surface area contributed by atoms with Gasteiger partial charge in [-0.25, -0.2) is 0 Å². The van der Waals surface area contributed by atoms with Crippen LogP contribution in [-0.2, 0) is 4.74 Å². The minimum atomic E-state index is -0.460. The Morgan fingerprint density at radius 3 is 2.62 bits per heavy atom. The van der Waals surface area contributed by atoms with Gasteiger partial charge in [-0.1, -0.05) is 30.3 Å². The number of nitro benzene ring substituents is 1. The molecule has 1 aliphatic rings. The Balaban J connectivity index is 1.82. The molecule has 0 saturated carbocycles. The van der Waals surface area contributed by atoms with E-state index in [2.05, 4.69) is 0 Å². The highest BCUT2D eigenvalue weighted by Gasteiger charge is 2.27. The molecule has 3 rings (SSSR count). The quantitative estimate of drug-likeness (QED) is 0.623. The molecule has 136 valence electrons. The summed E-state index contributed by atoms with van der Waals surface area (Å²) in [5, 5.41) is 11.3. The Kier molecular flexibility index (Phi) is 5.18. The van der Waals surface area contributed by atoms with Crippen molar-refractivity contribution in [2.45, 2.75) is 6.10 Å². The fourth-order valence-corrected chi connectivity index (χ4v) is 3.07. The first-order valence-corrected chi connectivity index (χ1v) is 8.39. The van der Waals surface area contributed by atoms with Crippen LogP contribution in [0.15, 0.2) is 48.5 Å². The highest BCUT2D eigenvalue weighted by molar-refractivity contribution is 5.96. The Morgan fingerprint density at radius 1 is 1.23 bits per heavy atom. The molecular formula is C19H21N3O4. The first-order valence-electron chi connectivity index (χ1n) is 8.39. The van der Waals surface area contributed by atoms with E-state index in [1.807, 2.05) is 30.3 Å². The van der Waals surface area contributed by atoms with Crippen molar-refractivity contribution in [1.82, 2.24) is 4.90 Å². The van der Waals surface area contributed by atoms with E-state index in [1.54, 1.807) is 36.0 Å². The largest absolute Gasteiger partial charge is 0.372 e. The van der Waals surface area contributed by atoms with Gasteiger partial charge in [0.1, 0.15) is 11.8 Å². The van der Waals surface area contributed by atoms with Crippen LogP contribution in [0.4, 0.5) is 11.4 Å². The fourth-order valence-electron chi connectivity index (χ4n) is 3.07. The van der Waals surface area contributed by atoms with Gasteiger partial charge in [0.05, 0.1) is 18.1 Å². The summed E-state index contributed by atoms with van der Waals surface area (Å²) >= 11 is 0. The molecule has 1 amide bonds. The van der Waals surface area contributed by atoms with Crippen molar-refractivity contribution in [1.29, 1.82) is 0 Å². The number of amides is 1. The monoisotopic (exact) mass is 355 g/mol. The van der Waals surface area contributed by atoms with E-state index >= 15 is 0 Å². The summed E-state index contributed by atoms with van der Waals surface area (Å²) in [6.45, 7) is 1.32. The first-order chi connectivity index (χ1) is 12.5. The molecule has 1 saturated heterocycles. The van der Waals surface area contributed by atoms with E-state index in [4.69, 9.17) is 4.74 Å². The molecular weight excluding hydrogens is 334 g/mol. The number of anilines is 1. The molecule has 26 heavy (non-hydrogen) atoms. The van der Waals surface area contributed by atoms with Gasteiger partial charge in [0.15, 0.2) is 0 Å². The minimum absolute atomic E-state index is 0.0753. The molecule has 0 radical (unpaired) electrons. The van der Waals surface area contributed by atoms with E-state index in [0.717, 1.165) is 5.56 Å². The van der Waals surface area contributed by atoms with Crippen molar-refractivity contribution in [3.8, 4) is 0 Å². The number of benzene rings is 2. The molecule has 1 aliphatic heterocycles. The number of morpholine rings is 1. The Hall–Kier alpha value is -2.93. The number of rotatable bonds is 4. The number of hydrogen-bond acceptors (Lipinski definition) is 5. The molecule has 0 spiro atoms. The van der Waals surface area contributed by atoms with Crippen LogP contribution >= 0.6 is 0 Å². The summed E-state index contributed by atoms with van der Waals surface area (Å²) in [5.74, 6) is -0.220. The molecule has 0 bridgehead atoms. The molecule has 1 fully saturated rings. The molecule has 7 heteroatoms. The summed E-state index contributed by atoms with van der Waals surface area (Å²) in [4.78, 5) is 27.1. The van der Waals surface area contributed by atoms with Gasteiger partial charge in [0.2, 0.25) is 0 Å². The van der Waals surface area contributed by atoms with Gasteiger partial charge in [-0.05, 0) is 17.7 Å². The highest BCUT2D eigenvalue weighted by Crippen LogP contribution is 2.29. The van der Waals surface area contributed by atoms with E-state index in [9.17, 15) is 14.9 Å². The average Bonchev–Trinajstić information content (AvgIpc) is 2.67. The zero-order valence-electron chi connectivity index (χ0n) is 14.8. The lowest BCUT2D eigenvalue weighted by molar-refractivity contribution is -0.384. The number of ether oxygens (including phenoxy) is 1. The third kappa shape index (κ3) is 3.67. The van der Waals surface area contributed by atoms with Crippen LogP contribution in [0.1, 0.15) is 22.0 Å². The summed E-state index contributed by atoms with van der Waals surface area (Å²) in [5.41, 5.74) is 1.72. The van der Waals surface area contributed by atoms with Crippen LogP contribution in [-0.4, -0.2) is 49.5 Å². The van der Waals surface area contributed by atoms with Crippen molar-refractivity contribution < 1.29 is 14.5 Å². The third-order valence-corrected chi connectivity index (χ3v) is 4.43. The van der Waals surface area contributed by atoms with E-state index in [1.165, 1.54) is 6.07 Å². The zero-order chi connectivity index (χ0) is 18.7. The first kappa shape index (κ1) is 17.9. The lowest BCUT2D eigenvalue weighted by atomic mass is 10.1. The van der Waals surface area contributed by atoms with Gasteiger partial charge >= 0.3 is 0 Å². The van der Waals surface area contributed by atoms with Crippen LogP contribution in [0, 0.1) is 10.1 Å². The van der Waals surface area contributed by atoms with Crippen molar-refractivity contribution in [2.75, 3.05) is 38.7 Å². The van der Waals surface area contributed by atoms with Crippen LogP contribution < -0.4 is 4.90 Å². The summed E-state index contributed by atoms with van der Waals surface area (Å²) in [7, 11) is 3.46. The molecule has 0 N–H and O–H groups in total. The summed E-state index contributed by atoms with van der Waals surface area (Å²) in [6.07, 6.45) is -0.190. The molecule has 1 heterocycles. The molecule has 7 nitrogen and oxygen atoms in total. The number of carbonyl (C=O) groups excluding carboxylic acids is 1. The van der Waals surface area contributed by atoms with Crippen LogP contribution in [0.25, 0.3) is 0 Å². The van der Waals surface area contributed by atoms with Crippen molar-refractivity contribution in [3.05, 3.63) is 69.8 Å². The Bertz CT molecular complexity index is 808. The van der Waals surface area contributed by atoms with Gasteiger partial charge in [0, 0.05) is 32.3 Å². The number of nitro groups is 1. The maximum Gasteiger partial charge on any atom is 0.293 e. The highest BCUT2D eigenvalue weighted by atomic mass is 16.6. The second kappa shape index (κ2) is 7.53. The molecule has 2 aromatic rings. The van der Waals surface area contributed by atoms with Crippen molar-refractivity contribution in [2.24, 2.45) is 0 Å². The van der Waals surface area contributed by atoms with Gasteiger partial charge in [0.25, 0.3) is 11.6 Å². The Labute approximate surface area is 151 Å². The maximum absolute atomic E-state index is 12.9. The number of carbonyl (C=O) groups is 1. The minimum Gasteiger partial charge on any atom is -0.372 e. The fraction of sp³-hybridized carbons (Fsp3) is 0.316. The van der Waals surface area contributed by atoms with Crippen molar-refractivity contribution in [3.63, 3.8) is 0 Å². The van der Waals surface area contributed by atoms with Gasteiger partial charge in [-0.2, -0.15) is 0 Å². The van der Waals surface area contributed by atoms with E-state index < -0.39 is 4.92 Å². The van der Waals surface area contributed by atoms with Gasteiger partial charge in [-0.15, -0.1) is 0 Å². The van der Waals surface area contributed by atoms with Gasteiger partial charge in [-0.3, -0.25) is 14.9 Å². The zero-order valence-corrected chi connectivity index (χ0v) is 14.8. The van der Waals surface area contributed by atoms with Crippen LogP contribution in [0.3, 0.4) is 0 Å². The predicted octanol–water partition coefficient (Wildman–Crippen LogP) is 2.87. The molecule has 1 atom stereocenters. The second-order valence-electron chi connectivity index (χ2n) is 6.38. The Morgan fingerprint density at radius 2 is 1.96 bits per heavy atom. The number of hydrogen-bond donors (Lipinski definition) is 0. The predicted molar refractivity (Wildman–Crippen MR) is 98.5 cm³/mol. The van der Waals surface area contributed by atoms with Gasteiger partial charge < -0.3 is 14.5 Å². The average molecular weight is 355 g/mol. The summed E-state index contributed by atoms with van der Waals surface area (Å²) in [6, 6.07) is 14.3. The molecule has 0 aliphatic carbocycles. The normalized spacial score (nSPS) is 17.0. The van der Waals surface area contributed by atoms with E-state index in [0.29, 0.717) is 30.9 Å². The smallest absolute Gasteiger partial charge is 0.293 e. The second-order valence-corrected chi connectivity index (χ2v) is 6.38. The maximum atomic E-state index is 12.9. The van der Waals surface area contributed by atoms with Crippen LogP contribution in [0.2, 0.25) is 0 Å². The standard InChI is InChI=1S/C19H21N3O4/c1-20(2)16-9-8-15(12-17(16)22(24)25)19(23)21-10-11-26-18(13-21)14-6-4-3-5-7-14/h3-9,12,18H,10-11,13H2,1-2H3/t18-/m0/s1. The van der Waals surface area contributed by atoms with Crippen LogP contribution in [0.5, 0.6) is 0 Å². The topological polar surface area (TPSA) is 75.9 Å². The van der Waals surface area contributed by atoms with E-state index in [-0.39, 0.29) is 17.7 Å². The lowest BCUT2D eigenvalue weighted by Gasteiger charge is -2.33. The SMILES string of the molecule is CN(C)c1ccc(C(=O)N2CCO[C@H](c3ccccc3)C2)cc1[N+](=O)[O-]. The molecule has 2 aromatic carbocycles. The third-order valence-electron chi connectivity index (χ3n) is 4.43. The lowest BCUT2D eigenvalue weighted by Crippen LogP contribution is -2.42. The number of nitrogens with zero attached hydrogens (tertiary/aromatic N) is 3. The van der Waals surface area contributed by atoms with Crippen molar-refractivity contribution >= 4 is 17.3 Å². The molecule has 0 aromatic heterocycles. The summed E-state index contributed by atoms with van der Waals surface area (Å²) < 4.78 is 5.78. The molecule has 0 unspecified atom stereocenters.